The van der Waals surface area contributed by atoms with Gasteiger partial charge in [-0.15, -0.1) is 0 Å². The van der Waals surface area contributed by atoms with E-state index in [2.05, 4.69) is 10.5 Å². The number of benzene rings is 2. The van der Waals surface area contributed by atoms with E-state index in [1.807, 2.05) is 0 Å². The number of halogens is 1. The van der Waals surface area contributed by atoms with E-state index in [4.69, 9.17) is 9.84 Å². The van der Waals surface area contributed by atoms with E-state index in [9.17, 15) is 9.18 Å². The van der Waals surface area contributed by atoms with Crippen LogP contribution in [0.15, 0.2) is 47.6 Å². The van der Waals surface area contributed by atoms with Crippen LogP contribution in [-0.2, 0) is 0 Å². The van der Waals surface area contributed by atoms with Gasteiger partial charge in [0.15, 0.2) is 11.6 Å². The summed E-state index contributed by atoms with van der Waals surface area (Å²) in [5, 5.41) is 13.1. The van der Waals surface area contributed by atoms with Crippen LogP contribution < -0.4 is 10.2 Å². The Morgan fingerprint density at radius 2 is 1.82 bits per heavy atom. The molecule has 0 radical (unpaired) electrons. The van der Waals surface area contributed by atoms with Crippen LogP contribution in [0.5, 0.6) is 11.5 Å². The zero-order valence-corrected chi connectivity index (χ0v) is 12.1. The number of methoxy groups -OCH3 is 1. The molecule has 0 atom stereocenters. The number of nitrogens with zero attached hydrogens (tertiary/aromatic N) is 1. The molecular weight excluding hydrogens is 287 g/mol. The third kappa shape index (κ3) is 3.60. The van der Waals surface area contributed by atoms with E-state index < -0.39 is 11.7 Å². The molecule has 1 amide bonds. The molecule has 6 heteroatoms. The number of carbonyl (C=O) groups excluding carboxylic acids is 1. The predicted octanol–water partition coefficient (Wildman–Crippen LogP) is 2.69. The van der Waals surface area contributed by atoms with Gasteiger partial charge in [0.05, 0.1) is 12.8 Å². The second-order valence-corrected chi connectivity index (χ2v) is 4.53. The average Bonchev–Trinajstić information content (AvgIpc) is 2.52. The van der Waals surface area contributed by atoms with Crippen molar-refractivity contribution in [3.63, 3.8) is 0 Å². The number of carbonyl (C=O) groups is 1. The number of hydrogen-bond donors (Lipinski definition) is 2. The van der Waals surface area contributed by atoms with Gasteiger partial charge in [-0.2, -0.15) is 5.10 Å². The van der Waals surface area contributed by atoms with Crippen LogP contribution in [0.2, 0.25) is 0 Å². The van der Waals surface area contributed by atoms with Gasteiger partial charge in [-0.05, 0) is 49.4 Å². The van der Waals surface area contributed by atoms with Crippen molar-refractivity contribution in [2.45, 2.75) is 6.92 Å². The summed E-state index contributed by atoms with van der Waals surface area (Å²) in [6.07, 6.45) is 0. The number of hydrazone groups is 1. The summed E-state index contributed by atoms with van der Waals surface area (Å²) < 4.78 is 18.5. The first-order valence-corrected chi connectivity index (χ1v) is 6.49. The monoisotopic (exact) mass is 302 g/mol. The van der Waals surface area contributed by atoms with Crippen molar-refractivity contribution in [1.82, 2.24) is 5.43 Å². The molecular formula is C16H15FN2O3. The molecule has 0 aliphatic rings. The van der Waals surface area contributed by atoms with Gasteiger partial charge in [-0.25, -0.2) is 9.82 Å². The van der Waals surface area contributed by atoms with Gasteiger partial charge in [0.25, 0.3) is 5.91 Å². The van der Waals surface area contributed by atoms with E-state index in [1.165, 1.54) is 43.5 Å². The van der Waals surface area contributed by atoms with Gasteiger partial charge in [-0.3, -0.25) is 4.79 Å². The minimum atomic E-state index is -0.501. The summed E-state index contributed by atoms with van der Waals surface area (Å²) in [6, 6.07) is 10.2. The van der Waals surface area contributed by atoms with E-state index in [-0.39, 0.29) is 11.5 Å². The molecule has 0 aliphatic carbocycles. The lowest BCUT2D eigenvalue weighted by molar-refractivity contribution is 0.0955. The van der Waals surface area contributed by atoms with Crippen molar-refractivity contribution in [2.75, 3.05) is 7.11 Å². The SMILES string of the molecule is COc1ccc(/C(C)=N\NC(=O)c2ccc(O)cc2)cc1F. The zero-order valence-electron chi connectivity index (χ0n) is 12.1. The minimum Gasteiger partial charge on any atom is -0.508 e. The average molecular weight is 302 g/mol. The summed E-state index contributed by atoms with van der Waals surface area (Å²) in [5.41, 5.74) is 3.72. The molecule has 2 N–H and O–H groups in total. The maximum absolute atomic E-state index is 13.6. The molecule has 0 aromatic heterocycles. The maximum atomic E-state index is 13.6. The van der Waals surface area contributed by atoms with Crippen molar-refractivity contribution >= 4 is 11.6 Å². The van der Waals surface area contributed by atoms with Crippen LogP contribution in [0.4, 0.5) is 4.39 Å². The Hall–Kier alpha value is -2.89. The number of phenolic OH excluding ortho intramolecular Hbond substituents is 1. The quantitative estimate of drug-likeness (QED) is 0.674. The van der Waals surface area contributed by atoms with Crippen LogP contribution in [0.3, 0.4) is 0 Å². The molecule has 2 aromatic carbocycles. The Kier molecular flexibility index (Phi) is 4.73. The fourth-order valence-corrected chi connectivity index (χ4v) is 1.77. The number of phenols is 1. The smallest absolute Gasteiger partial charge is 0.271 e. The summed E-state index contributed by atoms with van der Waals surface area (Å²) in [6.45, 7) is 1.65. The fourth-order valence-electron chi connectivity index (χ4n) is 1.77. The van der Waals surface area contributed by atoms with Gasteiger partial charge < -0.3 is 9.84 Å². The first-order valence-electron chi connectivity index (χ1n) is 6.49. The largest absolute Gasteiger partial charge is 0.508 e. The van der Waals surface area contributed by atoms with Crippen LogP contribution in [-0.4, -0.2) is 23.8 Å². The molecule has 0 bridgehead atoms. The fraction of sp³-hybridized carbons (Fsp3) is 0.125. The molecule has 0 spiro atoms. The number of rotatable bonds is 4. The Balaban J connectivity index is 2.10. The molecule has 5 nitrogen and oxygen atoms in total. The molecule has 22 heavy (non-hydrogen) atoms. The Labute approximate surface area is 127 Å². The Bertz CT molecular complexity index is 712. The summed E-state index contributed by atoms with van der Waals surface area (Å²) in [7, 11) is 1.39. The van der Waals surface area contributed by atoms with Crippen molar-refractivity contribution in [2.24, 2.45) is 5.10 Å². The zero-order chi connectivity index (χ0) is 16.1. The van der Waals surface area contributed by atoms with Gasteiger partial charge in [0.2, 0.25) is 0 Å². The van der Waals surface area contributed by atoms with Gasteiger partial charge >= 0.3 is 0 Å². The van der Waals surface area contributed by atoms with Crippen LogP contribution in [0.1, 0.15) is 22.8 Å². The lowest BCUT2D eigenvalue weighted by atomic mass is 10.1. The molecule has 0 saturated carbocycles. The maximum Gasteiger partial charge on any atom is 0.271 e. The number of amides is 1. The number of ether oxygens (including phenoxy) is 1. The predicted molar refractivity (Wildman–Crippen MR) is 80.7 cm³/mol. The van der Waals surface area contributed by atoms with E-state index in [0.29, 0.717) is 16.8 Å². The highest BCUT2D eigenvalue weighted by atomic mass is 19.1. The Morgan fingerprint density at radius 1 is 1.18 bits per heavy atom. The molecule has 0 heterocycles. The standard InChI is InChI=1S/C16H15FN2O3/c1-10(12-5-8-15(22-2)14(17)9-12)18-19-16(21)11-3-6-13(20)7-4-11/h3-9,20H,1-2H3,(H,19,21)/b18-10-. The van der Waals surface area contributed by atoms with Crippen LogP contribution in [0.25, 0.3) is 0 Å². The summed E-state index contributed by atoms with van der Waals surface area (Å²) >= 11 is 0. The summed E-state index contributed by atoms with van der Waals surface area (Å²) in [4.78, 5) is 11.9. The van der Waals surface area contributed by atoms with Crippen molar-refractivity contribution in [1.29, 1.82) is 0 Å². The molecule has 0 aliphatic heterocycles. The summed E-state index contributed by atoms with van der Waals surface area (Å²) in [5.74, 6) is -0.706. The normalized spacial score (nSPS) is 11.1. The number of hydrogen-bond acceptors (Lipinski definition) is 4. The minimum absolute atomic E-state index is 0.0740. The first-order chi connectivity index (χ1) is 10.5. The van der Waals surface area contributed by atoms with Gasteiger partial charge in [-0.1, -0.05) is 0 Å². The number of aromatic hydroxyl groups is 1. The highest BCUT2D eigenvalue weighted by molar-refractivity contribution is 6.00. The van der Waals surface area contributed by atoms with Gasteiger partial charge in [0, 0.05) is 11.1 Å². The number of nitrogens with one attached hydrogen (secondary N) is 1. The third-order valence-corrected chi connectivity index (χ3v) is 3.02. The van der Waals surface area contributed by atoms with Gasteiger partial charge in [0.1, 0.15) is 5.75 Å². The molecule has 114 valence electrons. The van der Waals surface area contributed by atoms with Crippen LogP contribution in [0, 0.1) is 5.82 Å². The van der Waals surface area contributed by atoms with E-state index in [0.717, 1.165) is 0 Å². The molecule has 0 unspecified atom stereocenters. The van der Waals surface area contributed by atoms with Crippen molar-refractivity contribution in [3.8, 4) is 11.5 Å². The molecule has 0 saturated heterocycles. The lowest BCUT2D eigenvalue weighted by Gasteiger charge is -2.06. The van der Waals surface area contributed by atoms with E-state index >= 15 is 0 Å². The van der Waals surface area contributed by atoms with Crippen molar-refractivity contribution < 1.29 is 19.0 Å². The van der Waals surface area contributed by atoms with Crippen molar-refractivity contribution in [3.05, 3.63) is 59.4 Å². The first kappa shape index (κ1) is 15.5. The second kappa shape index (κ2) is 6.71. The highest BCUT2D eigenvalue weighted by Gasteiger charge is 2.07. The molecule has 2 rings (SSSR count). The van der Waals surface area contributed by atoms with E-state index in [1.54, 1.807) is 13.0 Å². The highest BCUT2D eigenvalue weighted by Crippen LogP contribution is 2.18. The molecule has 2 aromatic rings. The van der Waals surface area contributed by atoms with Crippen LogP contribution >= 0.6 is 0 Å². The topological polar surface area (TPSA) is 70.9 Å². The second-order valence-electron chi connectivity index (χ2n) is 4.53. The Morgan fingerprint density at radius 3 is 2.41 bits per heavy atom. The third-order valence-electron chi connectivity index (χ3n) is 3.02. The lowest BCUT2D eigenvalue weighted by Crippen LogP contribution is -2.19. The molecule has 0 fully saturated rings.